The number of aromatic nitrogens is 1. The predicted octanol–water partition coefficient (Wildman–Crippen LogP) is 4.90. The second kappa shape index (κ2) is 5.23. The zero-order valence-corrected chi connectivity index (χ0v) is 12.2. The average molecular weight is 310 g/mol. The number of fused-ring (bicyclic) bond motifs is 1. The molecule has 1 aliphatic carbocycles. The van der Waals surface area contributed by atoms with Crippen LogP contribution in [-0.4, -0.2) is 16.1 Å². The number of aromatic carboxylic acids is 1. The molecule has 0 saturated heterocycles. The molecule has 0 aliphatic heterocycles. The van der Waals surface area contributed by atoms with Gasteiger partial charge in [0.05, 0.1) is 21.1 Å². The van der Waals surface area contributed by atoms with Gasteiger partial charge < -0.3 is 5.11 Å². The molecule has 0 spiro atoms. The summed E-state index contributed by atoms with van der Waals surface area (Å²) in [5.74, 6) is -0.673. The summed E-state index contributed by atoms with van der Waals surface area (Å²) in [7, 11) is 0. The first-order valence-electron chi connectivity index (χ1n) is 6.60. The monoisotopic (exact) mass is 309 g/mol. The van der Waals surface area contributed by atoms with Crippen LogP contribution in [0.4, 0.5) is 0 Å². The molecule has 1 saturated carbocycles. The Labute approximate surface area is 126 Å². The molecule has 1 aliphatic rings. The van der Waals surface area contributed by atoms with Gasteiger partial charge in [-0.1, -0.05) is 36.0 Å². The molecular formula is C15H13Cl2NO2. The molecule has 3 rings (SSSR count). The second-order valence-electron chi connectivity index (χ2n) is 5.13. The lowest BCUT2D eigenvalue weighted by Gasteiger charge is -2.13. The summed E-state index contributed by atoms with van der Waals surface area (Å²) >= 11 is 12.3. The van der Waals surface area contributed by atoms with Crippen molar-refractivity contribution in [2.45, 2.75) is 31.6 Å². The van der Waals surface area contributed by atoms with Gasteiger partial charge in [-0.15, -0.1) is 0 Å². The molecule has 5 heteroatoms. The van der Waals surface area contributed by atoms with Crippen LogP contribution in [0.25, 0.3) is 10.9 Å². The third-order valence-electron chi connectivity index (χ3n) is 3.88. The Kier molecular flexibility index (Phi) is 3.57. The van der Waals surface area contributed by atoms with Crippen molar-refractivity contribution in [2.75, 3.05) is 0 Å². The van der Waals surface area contributed by atoms with Crippen LogP contribution in [0.1, 0.15) is 47.7 Å². The third kappa shape index (κ3) is 2.25. The molecule has 0 amide bonds. The number of carboxylic acids is 1. The topological polar surface area (TPSA) is 50.2 Å². The highest BCUT2D eigenvalue weighted by Crippen LogP contribution is 2.37. The van der Waals surface area contributed by atoms with E-state index in [1.165, 1.54) is 0 Å². The van der Waals surface area contributed by atoms with Gasteiger partial charge in [0.15, 0.2) is 0 Å². The highest BCUT2D eigenvalue weighted by Gasteiger charge is 2.23. The minimum atomic E-state index is -0.999. The minimum absolute atomic E-state index is 0.185. The van der Waals surface area contributed by atoms with Crippen LogP contribution < -0.4 is 0 Å². The second-order valence-corrected chi connectivity index (χ2v) is 5.95. The van der Waals surface area contributed by atoms with Crippen molar-refractivity contribution < 1.29 is 9.90 Å². The minimum Gasteiger partial charge on any atom is -0.478 e. The van der Waals surface area contributed by atoms with Crippen molar-refractivity contribution in [3.8, 4) is 0 Å². The molecule has 1 heterocycles. The van der Waals surface area contributed by atoms with Crippen LogP contribution in [0.5, 0.6) is 0 Å². The first-order chi connectivity index (χ1) is 9.58. The first-order valence-corrected chi connectivity index (χ1v) is 7.35. The number of carboxylic acid groups (broad SMARTS) is 1. The molecular weight excluding hydrogens is 297 g/mol. The molecule has 20 heavy (non-hydrogen) atoms. The van der Waals surface area contributed by atoms with E-state index in [0.29, 0.717) is 26.9 Å². The van der Waals surface area contributed by atoms with Gasteiger partial charge in [0, 0.05) is 17.0 Å². The van der Waals surface area contributed by atoms with E-state index >= 15 is 0 Å². The van der Waals surface area contributed by atoms with E-state index in [4.69, 9.17) is 23.2 Å². The zero-order valence-electron chi connectivity index (χ0n) is 10.7. The Balaban J connectivity index is 2.30. The third-order valence-corrected chi connectivity index (χ3v) is 4.50. The van der Waals surface area contributed by atoms with E-state index in [1.807, 2.05) is 0 Å². The van der Waals surface area contributed by atoms with Crippen molar-refractivity contribution in [3.63, 3.8) is 0 Å². The fourth-order valence-corrected chi connectivity index (χ4v) is 3.34. The van der Waals surface area contributed by atoms with Crippen LogP contribution in [-0.2, 0) is 0 Å². The Morgan fingerprint density at radius 1 is 1.20 bits per heavy atom. The standard InChI is InChI=1S/C15H13Cl2NO2/c16-10-5-6-11(17)14-13(10)9(15(19)20)7-12(18-14)8-3-1-2-4-8/h5-8H,1-4H2,(H,19,20). The van der Waals surface area contributed by atoms with E-state index in [-0.39, 0.29) is 5.56 Å². The summed E-state index contributed by atoms with van der Waals surface area (Å²) in [6, 6.07) is 4.92. The van der Waals surface area contributed by atoms with Crippen LogP contribution >= 0.6 is 23.2 Å². The van der Waals surface area contributed by atoms with Gasteiger partial charge >= 0.3 is 5.97 Å². The number of halogens is 2. The fraction of sp³-hybridized carbons (Fsp3) is 0.333. The van der Waals surface area contributed by atoms with E-state index in [2.05, 4.69) is 4.98 Å². The summed E-state index contributed by atoms with van der Waals surface area (Å²) in [5.41, 5.74) is 1.49. The van der Waals surface area contributed by atoms with Crippen molar-refractivity contribution in [1.82, 2.24) is 4.98 Å². The van der Waals surface area contributed by atoms with Crippen LogP contribution in [0.2, 0.25) is 10.0 Å². The van der Waals surface area contributed by atoms with E-state index in [1.54, 1.807) is 18.2 Å². The average Bonchev–Trinajstić information content (AvgIpc) is 2.96. The quantitative estimate of drug-likeness (QED) is 0.858. The summed E-state index contributed by atoms with van der Waals surface area (Å²) in [6.45, 7) is 0. The van der Waals surface area contributed by atoms with Gasteiger partial charge in [-0.2, -0.15) is 0 Å². The lowest BCUT2D eigenvalue weighted by Crippen LogP contribution is -2.05. The first kappa shape index (κ1) is 13.7. The van der Waals surface area contributed by atoms with Gasteiger partial charge in [-0.3, -0.25) is 4.98 Å². The molecule has 1 aromatic carbocycles. The molecule has 1 fully saturated rings. The number of carbonyl (C=O) groups is 1. The number of hydrogen-bond donors (Lipinski definition) is 1. The molecule has 0 atom stereocenters. The maximum Gasteiger partial charge on any atom is 0.336 e. The van der Waals surface area contributed by atoms with Gasteiger partial charge in [0.25, 0.3) is 0 Å². The maximum atomic E-state index is 11.5. The van der Waals surface area contributed by atoms with Crippen molar-refractivity contribution in [3.05, 3.63) is 39.5 Å². The van der Waals surface area contributed by atoms with Gasteiger partial charge in [0.1, 0.15) is 0 Å². The Morgan fingerprint density at radius 2 is 1.85 bits per heavy atom. The molecule has 1 aromatic heterocycles. The van der Waals surface area contributed by atoms with Crippen molar-refractivity contribution in [2.24, 2.45) is 0 Å². The van der Waals surface area contributed by atoms with Crippen LogP contribution in [0, 0.1) is 0 Å². The normalized spacial score (nSPS) is 15.9. The molecule has 0 bridgehead atoms. The smallest absolute Gasteiger partial charge is 0.336 e. The summed E-state index contributed by atoms with van der Waals surface area (Å²) in [6.07, 6.45) is 4.43. The summed E-state index contributed by atoms with van der Waals surface area (Å²) < 4.78 is 0. The predicted molar refractivity (Wildman–Crippen MR) is 79.9 cm³/mol. The molecule has 1 N–H and O–H groups in total. The van der Waals surface area contributed by atoms with E-state index < -0.39 is 5.97 Å². The SMILES string of the molecule is O=C(O)c1cc(C2CCCC2)nc2c(Cl)ccc(Cl)c12. The molecule has 104 valence electrons. The van der Waals surface area contributed by atoms with E-state index in [0.717, 1.165) is 31.4 Å². The Hall–Kier alpha value is -1.32. The fourth-order valence-electron chi connectivity index (χ4n) is 2.89. The molecule has 2 aromatic rings. The summed E-state index contributed by atoms with van der Waals surface area (Å²) in [4.78, 5) is 16.1. The largest absolute Gasteiger partial charge is 0.478 e. The number of nitrogens with zero attached hydrogens (tertiary/aromatic N) is 1. The maximum absolute atomic E-state index is 11.5. The molecule has 0 radical (unpaired) electrons. The number of benzene rings is 1. The zero-order chi connectivity index (χ0) is 14.3. The van der Waals surface area contributed by atoms with Crippen molar-refractivity contribution >= 4 is 40.1 Å². The van der Waals surface area contributed by atoms with Crippen LogP contribution in [0.3, 0.4) is 0 Å². The van der Waals surface area contributed by atoms with Gasteiger partial charge in [0.2, 0.25) is 0 Å². The van der Waals surface area contributed by atoms with Gasteiger partial charge in [-0.25, -0.2) is 4.79 Å². The molecule has 3 nitrogen and oxygen atoms in total. The number of rotatable bonds is 2. The number of hydrogen-bond acceptors (Lipinski definition) is 2. The van der Waals surface area contributed by atoms with Crippen LogP contribution in [0.15, 0.2) is 18.2 Å². The summed E-state index contributed by atoms with van der Waals surface area (Å²) in [5, 5.41) is 10.7. The lowest BCUT2D eigenvalue weighted by molar-refractivity contribution is 0.0699. The lowest BCUT2D eigenvalue weighted by atomic mass is 9.99. The number of pyridine rings is 1. The van der Waals surface area contributed by atoms with E-state index in [9.17, 15) is 9.90 Å². The molecule has 0 unspecified atom stereocenters. The highest BCUT2D eigenvalue weighted by atomic mass is 35.5. The van der Waals surface area contributed by atoms with Gasteiger partial charge in [-0.05, 0) is 31.0 Å². The Morgan fingerprint density at radius 3 is 2.50 bits per heavy atom. The van der Waals surface area contributed by atoms with Crippen molar-refractivity contribution in [1.29, 1.82) is 0 Å². The highest BCUT2D eigenvalue weighted by molar-refractivity contribution is 6.40. The Bertz CT molecular complexity index is 694.